The third kappa shape index (κ3) is 1.91. The maximum absolute atomic E-state index is 13.5. The average Bonchev–Trinajstić information content (AvgIpc) is 2.60. The maximum Gasteiger partial charge on any atom is 0.351 e. The van der Waals surface area contributed by atoms with Crippen molar-refractivity contribution in [1.82, 2.24) is 9.55 Å². The van der Waals surface area contributed by atoms with Gasteiger partial charge < -0.3 is 15.6 Å². The van der Waals surface area contributed by atoms with Gasteiger partial charge in [0.25, 0.3) is 0 Å². The van der Waals surface area contributed by atoms with Crippen LogP contribution in [0.1, 0.15) is 12.6 Å². The van der Waals surface area contributed by atoms with Gasteiger partial charge in [-0.25, -0.2) is 9.18 Å². The number of hydrogen-bond acceptors (Lipinski definition) is 5. The number of alkyl halides is 1. The van der Waals surface area contributed by atoms with Gasteiger partial charge in [0.1, 0.15) is 12.0 Å². The van der Waals surface area contributed by atoms with E-state index in [1.807, 2.05) is 0 Å². The zero-order valence-corrected chi connectivity index (χ0v) is 8.41. The molecule has 0 aliphatic carbocycles. The van der Waals surface area contributed by atoms with Gasteiger partial charge in [0.2, 0.25) is 0 Å². The Balaban J connectivity index is 2.28. The SMILES string of the molecule is Nc1ccn([C@@H]2O[C@H](CO)C[C@@H]2F)c(=O)n1. The Morgan fingerprint density at radius 3 is 3.06 bits per heavy atom. The number of nitrogens with two attached hydrogens (primary N) is 1. The minimum atomic E-state index is -1.33. The summed E-state index contributed by atoms with van der Waals surface area (Å²) in [6.45, 7) is -0.270. The van der Waals surface area contributed by atoms with Gasteiger partial charge in [0, 0.05) is 12.6 Å². The first kappa shape index (κ1) is 11.0. The Hall–Kier alpha value is -1.47. The van der Waals surface area contributed by atoms with Crippen LogP contribution in [-0.4, -0.2) is 33.5 Å². The van der Waals surface area contributed by atoms with E-state index in [-0.39, 0.29) is 18.8 Å². The average molecular weight is 229 g/mol. The van der Waals surface area contributed by atoms with E-state index in [0.29, 0.717) is 0 Å². The van der Waals surface area contributed by atoms with Crippen LogP contribution in [0.5, 0.6) is 0 Å². The van der Waals surface area contributed by atoms with Crippen LogP contribution in [0.4, 0.5) is 10.2 Å². The summed E-state index contributed by atoms with van der Waals surface area (Å²) in [5, 5.41) is 8.85. The minimum absolute atomic E-state index is 0.0674. The largest absolute Gasteiger partial charge is 0.394 e. The quantitative estimate of drug-likeness (QED) is 0.709. The molecule has 2 heterocycles. The second kappa shape index (κ2) is 4.18. The second-order valence-electron chi connectivity index (χ2n) is 3.63. The highest BCUT2D eigenvalue weighted by atomic mass is 19.1. The van der Waals surface area contributed by atoms with Crippen LogP contribution in [0.25, 0.3) is 0 Å². The number of nitrogen functional groups attached to an aromatic ring is 1. The lowest BCUT2D eigenvalue weighted by Gasteiger charge is -2.15. The monoisotopic (exact) mass is 229 g/mol. The molecule has 0 aromatic carbocycles. The Morgan fingerprint density at radius 1 is 1.75 bits per heavy atom. The summed E-state index contributed by atoms with van der Waals surface area (Å²) >= 11 is 0. The molecule has 3 N–H and O–H groups in total. The molecule has 6 nitrogen and oxygen atoms in total. The summed E-state index contributed by atoms with van der Waals surface area (Å²) in [5.41, 5.74) is 4.65. The third-order valence-corrected chi connectivity index (χ3v) is 2.46. The summed E-state index contributed by atoms with van der Waals surface area (Å²) in [7, 11) is 0. The summed E-state index contributed by atoms with van der Waals surface area (Å²) < 4.78 is 19.8. The summed E-state index contributed by atoms with van der Waals surface area (Å²) in [6, 6.07) is 1.39. The predicted octanol–water partition coefficient (Wildman–Crippen LogP) is -0.557. The molecule has 0 amide bonds. The number of aliphatic hydroxyl groups is 1. The van der Waals surface area contributed by atoms with E-state index < -0.39 is 24.2 Å². The fraction of sp³-hybridized carbons (Fsp3) is 0.556. The van der Waals surface area contributed by atoms with Crippen molar-refractivity contribution in [3.63, 3.8) is 0 Å². The molecule has 1 aliphatic heterocycles. The Kier molecular flexibility index (Phi) is 2.88. The molecule has 1 fully saturated rings. The standard InChI is InChI=1S/C9H12FN3O3/c10-6-3-5(4-14)16-8(6)13-2-1-7(11)12-9(13)15/h1-2,5-6,8,14H,3-4H2,(H2,11,12,15)/t5-,6-,8+/m0/s1. The fourth-order valence-electron chi connectivity index (χ4n) is 1.68. The minimum Gasteiger partial charge on any atom is -0.394 e. The molecule has 7 heteroatoms. The topological polar surface area (TPSA) is 90.4 Å². The Morgan fingerprint density at radius 2 is 2.50 bits per heavy atom. The molecule has 3 atom stereocenters. The van der Waals surface area contributed by atoms with Crippen molar-refractivity contribution in [1.29, 1.82) is 0 Å². The molecule has 0 bridgehead atoms. The molecule has 0 spiro atoms. The molecule has 1 aromatic heterocycles. The smallest absolute Gasteiger partial charge is 0.351 e. The lowest BCUT2D eigenvalue weighted by atomic mass is 10.2. The van der Waals surface area contributed by atoms with Crippen LogP contribution >= 0.6 is 0 Å². The van der Waals surface area contributed by atoms with Crippen molar-refractivity contribution in [2.24, 2.45) is 0 Å². The van der Waals surface area contributed by atoms with Gasteiger partial charge in [-0.1, -0.05) is 0 Å². The van der Waals surface area contributed by atoms with Gasteiger partial charge >= 0.3 is 5.69 Å². The fourth-order valence-corrected chi connectivity index (χ4v) is 1.68. The number of hydrogen-bond donors (Lipinski definition) is 2. The van der Waals surface area contributed by atoms with E-state index in [9.17, 15) is 9.18 Å². The number of ether oxygens (including phenoxy) is 1. The molecular weight excluding hydrogens is 217 g/mol. The van der Waals surface area contributed by atoms with Crippen molar-refractivity contribution in [3.05, 3.63) is 22.7 Å². The first-order valence-corrected chi connectivity index (χ1v) is 4.87. The molecule has 2 rings (SSSR count). The molecule has 1 aromatic rings. The molecule has 1 saturated heterocycles. The molecule has 1 aliphatic rings. The molecular formula is C9H12FN3O3. The lowest BCUT2D eigenvalue weighted by Crippen LogP contribution is -2.30. The Labute approximate surface area is 90.5 Å². The zero-order chi connectivity index (χ0) is 11.7. The second-order valence-corrected chi connectivity index (χ2v) is 3.63. The van der Waals surface area contributed by atoms with Crippen molar-refractivity contribution in [3.8, 4) is 0 Å². The van der Waals surface area contributed by atoms with Gasteiger partial charge in [-0.2, -0.15) is 4.98 Å². The highest BCUT2D eigenvalue weighted by Crippen LogP contribution is 2.29. The van der Waals surface area contributed by atoms with Crippen LogP contribution < -0.4 is 11.4 Å². The van der Waals surface area contributed by atoms with Crippen LogP contribution in [0, 0.1) is 0 Å². The van der Waals surface area contributed by atoms with Crippen LogP contribution in [0.15, 0.2) is 17.1 Å². The molecule has 0 radical (unpaired) electrons. The summed E-state index contributed by atoms with van der Waals surface area (Å²) in [5.74, 6) is 0.0772. The number of aliphatic hydroxyl groups excluding tert-OH is 1. The predicted molar refractivity (Wildman–Crippen MR) is 53.4 cm³/mol. The van der Waals surface area contributed by atoms with E-state index in [2.05, 4.69) is 4.98 Å². The number of rotatable bonds is 2. The van der Waals surface area contributed by atoms with Crippen LogP contribution in [0.2, 0.25) is 0 Å². The molecule has 0 saturated carbocycles. The molecule has 88 valence electrons. The zero-order valence-electron chi connectivity index (χ0n) is 8.41. The summed E-state index contributed by atoms with van der Waals surface area (Å²) in [4.78, 5) is 14.9. The van der Waals surface area contributed by atoms with E-state index in [1.54, 1.807) is 0 Å². The van der Waals surface area contributed by atoms with Gasteiger partial charge in [0.05, 0.1) is 12.7 Å². The van der Waals surface area contributed by atoms with Crippen LogP contribution in [-0.2, 0) is 4.74 Å². The normalized spacial score (nSPS) is 29.5. The van der Waals surface area contributed by atoms with Gasteiger partial charge in [-0.3, -0.25) is 4.57 Å². The van der Waals surface area contributed by atoms with Gasteiger partial charge in [-0.05, 0) is 6.07 Å². The van der Waals surface area contributed by atoms with Crippen molar-refractivity contribution < 1.29 is 14.2 Å². The first-order chi connectivity index (χ1) is 7.61. The van der Waals surface area contributed by atoms with E-state index >= 15 is 0 Å². The highest BCUT2D eigenvalue weighted by molar-refractivity contribution is 5.23. The van der Waals surface area contributed by atoms with Gasteiger partial charge in [0.15, 0.2) is 6.23 Å². The van der Waals surface area contributed by atoms with Crippen molar-refractivity contribution in [2.75, 3.05) is 12.3 Å². The van der Waals surface area contributed by atoms with E-state index in [0.717, 1.165) is 4.57 Å². The highest BCUT2D eigenvalue weighted by Gasteiger charge is 2.36. The lowest BCUT2D eigenvalue weighted by molar-refractivity contribution is -0.0393. The number of halogens is 1. The first-order valence-electron chi connectivity index (χ1n) is 4.87. The van der Waals surface area contributed by atoms with Crippen LogP contribution in [0.3, 0.4) is 0 Å². The third-order valence-electron chi connectivity index (χ3n) is 2.46. The number of nitrogens with zero attached hydrogens (tertiary/aromatic N) is 2. The molecule has 0 unspecified atom stereocenters. The summed E-state index contributed by atoms with van der Waals surface area (Å²) in [6.07, 6.45) is -1.54. The van der Waals surface area contributed by atoms with Crippen molar-refractivity contribution >= 4 is 5.82 Å². The van der Waals surface area contributed by atoms with E-state index in [4.69, 9.17) is 15.6 Å². The van der Waals surface area contributed by atoms with Gasteiger partial charge in [-0.15, -0.1) is 0 Å². The van der Waals surface area contributed by atoms with Crippen molar-refractivity contribution in [2.45, 2.75) is 24.9 Å². The Bertz CT molecular complexity index is 436. The number of aromatic nitrogens is 2. The maximum atomic E-state index is 13.5. The number of anilines is 1. The van der Waals surface area contributed by atoms with E-state index in [1.165, 1.54) is 12.3 Å². The molecule has 16 heavy (non-hydrogen) atoms.